The highest BCUT2D eigenvalue weighted by Crippen LogP contribution is 2.24. The summed E-state index contributed by atoms with van der Waals surface area (Å²) in [5.74, 6) is -0.945. The van der Waals surface area contributed by atoms with Crippen LogP contribution in [-0.4, -0.2) is 16.1 Å². The number of pyridine rings is 1. The fraction of sp³-hybridized carbons (Fsp3) is 0.0667. The van der Waals surface area contributed by atoms with Crippen molar-refractivity contribution in [1.82, 2.24) is 15.9 Å². The first-order valence-electron chi connectivity index (χ1n) is 6.42. The van der Waals surface area contributed by atoms with Gasteiger partial charge < -0.3 is 10.5 Å². The highest BCUT2D eigenvalue weighted by atomic mass is 16.4. The average Bonchev–Trinajstić information content (AvgIpc) is 2.98. The maximum absolute atomic E-state index is 11.1. The molecule has 0 atom stereocenters. The minimum Gasteiger partial charge on any atom is -0.478 e. The molecule has 0 bridgehead atoms. The molecule has 2 aromatic rings. The quantitative estimate of drug-likeness (QED) is 0.798. The van der Waals surface area contributed by atoms with Gasteiger partial charge in [-0.15, -0.1) is 5.53 Å². The zero-order valence-electron chi connectivity index (χ0n) is 11.4. The van der Waals surface area contributed by atoms with Crippen molar-refractivity contribution in [3.05, 3.63) is 65.6 Å². The van der Waals surface area contributed by atoms with E-state index in [0.717, 1.165) is 22.5 Å². The molecular weight excluding hydrogens is 268 g/mol. The van der Waals surface area contributed by atoms with E-state index in [1.54, 1.807) is 35.6 Å². The molecule has 0 saturated heterocycles. The van der Waals surface area contributed by atoms with Gasteiger partial charge in [-0.05, 0) is 36.8 Å². The highest BCUT2D eigenvalue weighted by Gasteiger charge is 2.17. The summed E-state index contributed by atoms with van der Waals surface area (Å²) in [4.78, 5) is 15.2. The molecule has 1 aromatic heterocycles. The molecule has 0 saturated carbocycles. The maximum Gasteiger partial charge on any atom is 0.335 e. The van der Waals surface area contributed by atoms with Crippen LogP contribution >= 0.6 is 0 Å². The average molecular weight is 282 g/mol. The Kier molecular flexibility index (Phi) is 3.29. The van der Waals surface area contributed by atoms with Gasteiger partial charge in [0.2, 0.25) is 0 Å². The second-order valence-corrected chi connectivity index (χ2v) is 4.70. The molecule has 0 amide bonds. The summed E-state index contributed by atoms with van der Waals surface area (Å²) in [5, 5.41) is 10.8. The number of aromatic carboxylic acids is 1. The molecule has 21 heavy (non-hydrogen) atoms. The van der Waals surface area contributed by atoms with E-state index < -0.39 is 5.97 Å². The first kappa shape index (κ1) is 13.1. The third-order valence-electron chi connectivity index (χ3n) is 3.26. The van der Waals surface area contributed by atoms with Crippen LogP contribution < -0.4 is 16.0 Å². The molecule has 3 rings (SSSR count). The Morgan fingerprint density at radius 1 is 1.33 bits per heavy atom. The number of hydrogen-bond donors (Lipinski definition) is 3. The first-order valence-corrected chi connectivity index (χ1v) is 6.42. The van der Waals surface area contributed by atoms with Crippen LogP contribution in [0, 0.1) is 6.92 Å². The minimum atomic E-state index is -0.945. The Balaban J connectivity index is 1.94. The fourth-order valence-electron chi connectivity index (χ4n) is 2.11. The molecule has 106 valence electrons. The van der Waals surface area contributed by atoms with Gasteiger partial charge in [-0.3, -0.25) is 9.99 Å². The number of nitrogens with one attached hydrogen (secondary N) is 2. The highest BCUT2D eigenvalue weighted by molar-refractivity contribution is 5.89. The molecule has 2 heterocycles. The van der Waals surface area contributed by atoms with E-state index in [1.807, 2.05) is 25.3 Å². The Morgan fingerprint density at radius 3 is 2.90 bits per heavy atom. The van der Waals surface area contributed by atoms with Crippen molar-refractivity contribution in [3.63, 3.8) is 0 Å². The zero-order chi connectivity index (χ0) is 14.8. The predicted octanol–water partition coefficient (Wildman–Crippen LogP) is 1.92. The van der Waals surface area contributed by atoms with Crippen molar-refractivity contribution in [2.24, 2.45) is 0 Å². The second kappa shape index (κ2) is 5.26. The molecule has 0 aliphatic carbocycles. The fourth-order valence-corrected chi connectivity index (χ4v) is 2.11. The molecule has 6 nitrogen and oxygen atoms in total. The number of anilines is 1. The summed E-state index contributed by atoms with van der Waals surface area (Å²) in [6, 6.07) is 8.82. The smallest absolute Gasteiger partial charge is 0.335 e. The van der Waals surface area contributed by atoms with Crippen LogP contribution in [0.2, 0.25) is 0 Å². The molecule has 1 aromatic carbocycles. The Labute approximate surface area is 121 Å². The Morgan fingerprint density at radius 2 is 2.19 bits per heavy atom. The van der Waals surface area contributed by atoms with E-state index in [-0.39, 0.29) is 5.56 Å². The number of rotatable bonds is 3. The van der Waals surface area contributed by atoms with Gasteiger partial charge in [0.25, 0.3) is 0 Å². The number of aryl methyl sites for hydroxylation is 1. The summed E-state index contributed by atoms with van der Waals surface area (Å²) in [5.41, 5.74) is 9.85. The van der Waals surface area contributed by atoms with Gasteiger partial charge in [0.05, 0.1) is 16.9 Å². The van der Waals surface area contributed by atoms with Crippen molar-refractivity contribution >= 4 is 17.4 Å². The van der Waals surface area contributed by atoms with Crippen LogP contribution in [0.1, 0.15) is 21.5 Å². The molecule has 0 radical (unpaired) electrons. The van der Waals surface area contributed by atoms with Crippen molar-refractivity contribution in [2.45, 2.75) is 6.92 Å². The summed E-state index contributed by atoms with van der Waals surface area (Å²) < 4.78 is 0. The lowest BCUT2D eigenvalue weighted by Gasteiger charge is -2.18. The van der Waals surface area contributed by atoms with Crippen LogP contribution in [0.15, 0.2) is 48.9 Å². The standard InChI is InChI=1S/C15H14N4O2/c1-10-4-5-11(15(20)21)7-14(10)19-9-13(17-18-19)12-3-2-6-16-8-12/h2-9,17-18H,1H3,(H,20,21). The Hall–Kier alpha value is -2.86. The number of carboxylic acid groups (broad SMARTS) is 1. The summed E-state index contributed by atoms with van der Waals surface area (Å²) >= 11 is 0. The number of nitrogens with zero attached hydrogens (tertiary/aromatic N) is 2. The molecule has 0 unspecified atom stereocenters. The third kappa shape index (κ3) is 2.56. The summed E-state index contributed by atoms with van der Waals surface area (Å²) in [7, 11) is 0. The lowest BCUT2D eigenvalue weighted by molar-refractivity contribution is 0.0697. The van der Waals surface area contributed by atoms with Crippen LogP contribution in [0.4, 0.5) is 5.69 Å². The summed E-state index contributed by atoms with van der Waals surface area (Å²) in [6.45, 7) is 1.93. The predicted molar refractivity (Wildman–Crippen MR) is 79.1 cm³/mol. The van der Waals surface area contributed by atoms with Gasteiger partial charge >= 0.3 is 5.97 Å². The van der Waals surface area contributed by atoms with Crippen LogP contribution in [-0.2, 0) is 0 Å². The topological polar surface area (TPSA) is 77.5 Å². The zero-order valence-corrected chi connectivity index (χ0v) is 11.4. The number of carboxylic acids is 1. The largest absolute Gasteiger partial charge is 0.478 e. The van der Waals surface area contributed by atoms with E-state index in [4.69, 9.17) is 5.11 Å². The maximum atomic E-state index is 11.1. The van der Waals surface area contributed by atoms with Gasteiger partial charge in [0.1, 0.15) is 0 Å². The van der Waals surface area contributed by atoms with Crippen LogP contribution in [0.3, 0.4) is 0 Å². The van der Waals surface area contributed by atoms with Gasteiger partial charge in [-0.2, -0.15) is 0 Å². The molecule has 1 aliphatic heterocycles. The number of hydrogen-bond acceptors (Lipinski definition) is 5. The molecule has 0 fully saturated rings. The van der Waals surface area contributed by atoms with Crippen molar-refractivity contribution in [2.75, 3.05) is 5.01 Å². The minimum absolute atomic E-state index is 0.251. The van der Waals surface area contributed by atoms with E-state index in [2.05, 4.69) is 15.9 Å². The number of hydrazine groups is 2. The van der Waals surface area contributed by atoms with E-state index in [9.17, 15) is 4.79 Å². The molecule has 0 spiro atoms. The Bertz CT molecular complexity index is 713. The number of aromatic nitrogens is 1. The van der Waals surface area contributed by atoms with E-state index in [0.29, 0.717) is 0 Å². The third-order valence-corrected chi connectivity index (χ3v) is 3.26. The van der Waals surface area contributed by atoms with Crippen molar-refractivity contribution in [1.29, 1.82) is 0 Å². The summed E-state index contributed by atoms with van der Waals surface area (Å²) in [6.07, 6.45) is 5.33. The van der Waals surface area contributed by atoms with Crippen molar-refractivity contribution < 1.29 is 9.90 Å². The molecule has 3 N–H and O–H groups in total. The number of carbonyl (C=O) groups is 1. The van der Waals surface area contributed by atoms with Crippen LogP contribution in [0.5, 0.6) is 0 Å². The van der Waals surface area contributed by atoms with Gasteiger partial charge in [-0.1, -0.05) is 6.07 Å². The van der Waals surface area contributed by atoms with E-state index >= 15 is 0 Å². The monoisotopic (exact) mass is 282 g/mol. The molecule has 1 aliphatic rings. The second-order valence-electron chi connectivity index (χ2n) is 4.70. The van der Waals surface area contributed by atoms with Gasteiger partial charge in [-0.25, -0.2) is 4.79 Å². The number of benzene rings is 1. The van der Waals surface area contributed by atoms with Gasteiger partial charge in [0, 0.05) is 24.2 Å². The lowest BCUT2D eigenvalue weighted by atomic mass is 10.1. The normalized spacial score (nSPS) is 13.8. The first-order chi connectivity index (χ1) is 10.1. The van der Waals surface area contributed by atoms with Crippen LogP contribution in [0.25, 0.3) is 5.70 Å². The SMILES string of the molecule is Cc1ccc(C(=O)O)cc1N1C=C(c2cccnc2)NN1. The lowest BCUT2D eigenvalue weighted by Crippen LogP contribution is -2.36. The molecular formula is C15H14N4O2. The van der Waals surface area contributed by atoms with E-state index in [1.165, 1.54) is 0 Å². The van der Waals surface area contributed by atoms with Gasteiger partial charge in [0.15, 0.2) is 0 Å². The van der Waals surface area contributed by atoms with Crippen molar-refractivity contribution in [3.8, 4) is 0 Å². The molecule has 6 heteroatoms.